The van der Waals surface area contributed by atoms with Crippen molar-refractivity contribution in [3.63, 3.8) is 0 Å². The average molecular weight is 236 g/mol. The van der Waals surface area contributed by atoms with E-state index in [2.05, 4.69) is 23.9 Å². The van der Waals surface area contributed by atoms with Gasteiger partial charge in [-0.25, -0.2) is 0 Å². The summed E-state index contributed by atoms with van der Waals surface area (Å²) >= 11 is 0. The van der Waals surface area contributed by atoms with Crippen LogP contribution in [-0.2, 0) is 0 Å². The molecule has 0 spiro atoms. The largest absolute Gasteiger partial charge is 0.411 e. The molecule has 1 saturated heterocycles. The zero-order valence-corrected chi connectivity index (χ0v) is 11.0. The Kier molecular flexibility index (Phi) is 2.89. The summed E-state index contributed by atoms with van der Waals surface area (Å²) in [4.78, 5) is 2.66. The summed E-state index contributed by atoms with van der Waals surface area (Å²) in [6, 6.07) is 1.75. The summed E-state index contributed by atoms with van der Waals surface area (Å²) < 4.78 is 0. The molecule has 3 nitrogen and oxygen atoms in total. The molecule has 0 aromatic carbocycles. The van der Waals surface area contributed by atoms with Gasteiger partial charge in [-0.05, 0) is 51.9 Å². The fraction of sp³-hybridized carbons (Fsp3) is 0.929. The second kappa shape index (κ2) is 4.27. The molecule has 1 N–H and O–H groups in total. The summed E-state index contributed by atoms with van der Waals surface area (Å²) in [7, 11) is 0. The van der Waals surface area contributed by atoms with Crippen molar-refractivity contribution in [3.05, 3.63) is 0 Å². The van der Waals surface area contributed by atoms with Crippen LogP contribution in [0.25, 0.3) is 0 Å². The van der Waals surface area contributed by atoms with Gasteiger partial charge >= 0.3 is 0 Å². The third kappa shape index (κ3) is 1.70. The average Bonchev–Trinajstić information content (AvgIpc) is 2.89. The first-order chi connectivity index (χ1) is 8.22. The highest BCUT2D eigenvalue weighted by Gasteiger charge is 2.50. The van der Waals surface area contributed by atoms with Crippen LogP contribution in [-0.4, -0.2) is 33.9 Å². The van der Waals surface area contributed by atoms with Gasteiger partial charge in [0.05, 0.1) is 11.8 Å². The van der Waals surface area contributed by atoms with Crippen LogP contribution in [0.5, 0.6) is 0 Å². The Hall–Kier alpha value is -0.570. The van der Waals surface area contributed by atoms with Crippen LogP contribution < -0.4 is 0 Å². The highest BCUT2D eigenvalue weighted by Crippen LogP contribution is 2.47. The van der Waals surface area contributed by atoms with Crippen LogP contribution in [0, 0.1) is 11.8 Å². The van der Waals surface area contributed by atoms with Crippen molar-refractivity contribution in [2.24, 2.45) is 17.0 Å². The van der Waals surface area contributed by atoms with Gasteiger partial charge in [-0.3, -0.25) is 4.90 Å². The summed E-state index contributed by atoms with van der Waals surface area (Å²) in [5.41, 5.74) is 1.10. The molecular formula is C14H24N2O. The van der Waals surface area contributed by atoms with Gasteiger partial charge in [0.15, 0.2) is 0 Å². The minimum absolute atomic E-state index is 0.448. The number of oxime groups is 1. The van der Waals surface area contributed by atoms with Gasteiger partial charge in [-0.1, -0.05) is 11.6 Å². The third-order valence-electron chi connectivity index (χ3n) is 5.34. The lowest BCUT2D eigenvalue weighted by Crippen LogP contribution is -2.55. The van der Waals surface area contributed by atoms with E-state index in [4.69, 9.17) is 0 Å². The van der Waals surface area contributed by atoms with Crippen LogP contribution in [0.3, 0.4) is 0 Å². The molecule has 96 valence electrons. The molecule has 2 bridgehead atoms. The van der Waals surface area contributed by atoms with Gasteiger partial charge in [-0.15, -0.1) is 0 Å². The smallest absolute Gasteiger partial charge is 0.0775 e. The molecule has 3 aliphatic rings. The van der Waals surface area contributed by atoms with E-state index in [0.29, 0.717) is 24.0 Å². The number of nitrogens with zero attached hydrogens (tertiary/aromatic N) is 2. The molecule has 1 aliphatic heterocycles. The van der Waals surface area contributed by atoms with Gasteiger partial charge in [0, 0.05) is 18.0 Å². The monoisotopic (exact) mass is 236 g/mol. The molecule has 0 unspecified atom stereocenters. The maximum Gasteiger partial charge on any atom is 0.0775 e. The van der Waals surface area contributed by atoms with E-state index in [-0.39, 0.29) is 0 Å². The maximum atomic E-state index is 9.32. The molecule has 2 saturated carbocycles. The first-order valence-corrected chi connectivity index (χ1v) is 7.21. The molecule has 3 rings (SSSR count). The Labute approximate surface area is 104 Å². The van der Waals surface area contributed by atoms with E-state index in [1.54, 1.807) is 0 Å². The summed E-state index contributed by atoms with van der Waals surface area (Å²) in [5, 5.41) is 13.0. The Bertz CT molecular complexity index is 318. The van der Waals surface area contributed by atoms with Crippen LogP contribution >= 0.6 is 0 Å². The van der Waals surface area contributed by atoms with E-state index in [9.17, 15) is 5.21 Å². The van der Waals surface area contributed by atoms with Crippen LogP contribution in [0.15, 0.2) is 5.16 Å². The Balaban J connectivity index is 1.87. The highest BCUT2D eigenvalue weighted by atomic mass is 16.4. The Morgan fingerprint density at radius 1 is 1.12 bits per heavy atom. The molecule has 2 aliphatic carbocycles. The van der Waals surface area contributed by atoms with E-state index < -0.39 is 0 Å². The number of piperidine rings is 1. The number of likely N-dealkylation sites (tertiary alicyclic amines) is 1. The SMILES string of the molecule is C[C@@H]1CCC[C@@H](C)N1[C@H]1/C(=N\O)[C@H]2CC[C@@H]1C2. The minimum atomic E-state index is 0.448. The number of rotatable bonds is 1. The summed E-state index contributed by atoms with van der Waals surface area (Å²) in [6.45, 7) is 4.69. The molecule has 3 fully saturated rings. The second-order valence-corrected chi connectivity index (χ2v) is 6.32. The van der Waals surface area contributed by atoms with Crippen LogP contribution in [0.1, 0.15) is 52.4 Å². The third-order valence-corrected chi connectivity index (χ3v) is 5.34. The lowest BCUT2D eigenvalue weighted by Gasteiger charge is -2.45. The van der Waals surface area contributed by atoms with Crippen molar-refractivity contribution in [1.29, 1.82) is 0 Å². The first-order valence-electron chi connectivity index (χ1n) is 7.21. The fourth-order valence-electron chi connectivity index (χ4n) is 4.58. The van der Waals surface area contributed by atoms with E-state index >= 15 is 0 Å². The molecule has 17 heavy (non-hydrogen) atoms. The molecule has 0 radical (unpaired) electrons. The van der Waals surface area contributed by atoms with E-state index in [1.807, 2.05) is 0 Å². The predicted octanol–water partition coefficient (Wildman–Crippen LogP) is 2.88. The standard InChI is InChI=1S/C14H24N2O/c1-9-4-3-5-10(2)16(9)14-12-7-6-11(8-12)13(14)15-17/h9-12,14,17H,3-8H2,1-2H3/b15-13-/t9-,10-,11+,12-,14-/m1/s1. The molecule has 5 atom stereocenters. The zero-order valence-electron chi connectivity index (χ0n) is 11.0. The maximum absolute atomic E-state index is 9.32. The number of fused-ring (bicyclic) bond motifs is 2. The second-order valence-electron chi connectivity index (χ2n) is 6.32. The Morgan fingerprint density at radius 2 is 1.82 bits per heavy atom. The molecule has 1 heterocycles. The molecule has 3 heteroatoms. The normalized spacial score (nSPS) is 49.1. The Morgan fingerprint density at radius 3 is 2.47 bits per heavy atom. The molecule has 0 amide bonds. The van der Waals surface area contributed by atoms with Crippen molar-refractivity contribution in [2.45, 2.75) is 70.5 Å². The van der Waals surface area contributed by atoms with Crippen molar-refractivity contribution >= 4 is 5.71 Å². The summed E-state index contributed by atoms with van der Waals surface area (Å²) in [6.07, 6.45) is 7.81. The quantitative estimate of drug-likeness (QED) is 0.561. The molecular weight excluding hydrogens is 212 g/mol. The van der Waals surface area contributed by atoms with Gasteiger partial charge < -0.3 is 5.21 Å². The fourth-order valence-corrected chi connectivity index (χ4v) is 4.58. The zero-order chi connectivity index (χ0) is 12.0. The van der Waals surface area contributed by atoms with Crippen molar-refractivity contribution in [1.82, 2.24) is 4.90 Å². The van der Waals surface area contributed by atoms with Crippen molar-refractivity contribution < 1.29 is 5.21 Å². The van der Waals surface area contributed by atoms with Gasteiger partial charge in [0.25, 0.3) is 0 Å². The van der Waals surface area contributed by atoms with Gasteiger partial charge in [0.1, 0.15) is 0 Å². The van der Waals surface area contributed by atoms with Crippen LogP contribution in [0.4, 0.5) is 0 Å². The number of hydrogen-bond acceptors (Lipinski definition) is 3. The van der Waals surface area contributed by atoms with Gasteiger partial charge in [-0.2, -0.15) is 0 Å². The predicted molar refractivity (Wildman–Crippen MR) is 68.5 cm³/mol. The van der Waals surface area contributed by atoms with Crippen LogP contribution in [0.2, 0.25) is 0 Å². The number of hydrogen-bond donors (Lipinski definition) is 1. The highest BCUT2D eigenvalue weighted by molar-refractivity contribution is 5.94. The van der Waals surface area contributed by atoms with E-state index in [1.165, 1.54) is 38.5 Å². The lowest BCUT2D eigenvalue weighted by atomic mass is 9.86. The van der Waals surface area contributed by atoms with E-state index in [0.717, 1.165) is 11.6 Å². The van der Waals surface area contributed by atoms with Crippen molar-refractivity contribution in [2.75, 3.05) is 0 Å². The lowest BCUT2D eigenvalue weighted by molar-refractivity contribution is 0.0602. The minimum Gasteiger partial charge on any atom is -0.411 e. The van der Waals surface area contributed by atoms with Crippen molar-refractivity contribution in [3.8, 4) is 0 Å². The topological polar surface area (TPSA) is 35.8 Å². The first kappa shape index (κ1) is 11.5. The summed E-state index contributed by atoms with van der Waals surface area (Å²) in [5.74, 6) is 1.34. The molecule has 0 aromatic rings. The molecule has 0 aromatic heterocycles. The van der Waals surface area contributed by atoms with Gasteiger partial charge in [0.2, 0.25) is 0 Å².